The molecule has 1 heterocycles. The number of benzene rings is 1. The molecule has 5 heteroatoms. The highest BCUT2D eigenvalue weighted by Crippen LogP contribution is 2.20. The van der Waals surface area contributed by atoms with Crippen LogP contribution in [0.3, 0.4) is 0 Å². The second kappa shape index (κ2) is 6.03. The number of nitrogens with one attached hydrogen (secondary N) is 1. The molecule has 0 saturated carbocycles. The number of morpholine rings is 1. The van der Waals surface area contributed by atoms with Gasteiger partial charge < -0.3 is 10.1 Å². The number of rotatable bonds is 3. The molecule has 1 saturated heterocycles. The maximum Gasteiger partial charge on any atom is 0.253 e. The molecule has 1 fully saturated rings. The third-order valence-corrected chi connectivity index (χ3v) is 3.85. The lowest BCUT2D eigenvalue weighted by Crippen LogP contribution is -2.57. The molecule has 4 nitrogen and oxygen atoms in total. The van der Waals surface area contributed by atoms with Gasteiger partial charge in [0.15, 0.2) is 5.60 Å². The number of likely N-dealkylation sites (N-methyl/N-ethyl adjacent to an activating group) is 1. The minimum Gasteiger partial charge on any atom is -0.363 e. The molecular weight excluding hydrogens is 308 g/mol. The van der Waals surface area contributed by atoms with Crippen LogP contribution in [-0.2, 0) is 16.1 Å². The summed E-state index contributed by atoms with van der Waals surface area (Å²) in [5, 5.41) is 2.67. The first-order valence-corrected chi connectivity index (χ1v) is 7.16. The van der Waals surface area contributed by atoms with Gasteiger partial charge in [-0.25, -0.2) is 0 Å². The van der Waals surface area contributed by atoms with E-state index in [0.29, 0.717) is 13.2 Å². The lowest BCUT2D eigenvalue weighted by molar-refractivity contribution is -0.156. The second-order valence-corrected chi connectivity index (χ2v) is 5.91. The maximum atomic E-state index is 11.9. The van der Waals surface area contributed by atoms with E-state index >= 15 is 0 Å². The van der Waals surface area contributed by atoms with Crippen LogP contribution >= 0.6 is 15.9 Å². The number of amides is 1. The quantitative estimate of drug-likeness (QED) is 0.920. The van der Waals surface area contributed by atoms with Gasteiger partial charge in [-0.2, -0.15) is 0 Å². The molecule has 1 amide bonds. The fourth-order valence-corrected chi connectivity index (χ4v) is 2.83. The molecule has 0 radical (unpaired) electrons. The summed E-state index contributed by atoms with van der Waals surface area (Å²) < 4.78 is 6.72. The highest BCUT2D eigenvalue weighted by atomic mass is 79.9. The SMILES string of the molecule is CNC(=O)[C@]1(C)CN(Cc2cccc(Br)c2)CCO1. The van der Waals surface area contributed by atoms with Crippen LogP contribution in [0.15, 0.2) is 28.7 Å². The Bertz CT molecular complexity index is 467. The first-order chi connectivity index (χ1) is 9.03. The van der Waals surface area contributed by atoms with Crippen molar-refractivity contribution in [1.82, 2.24) is 10.2 Å². The van der Waals surface area contributed by atoms with Gasteiger partial charge in [-0.3, -0.25) is 9.69 Å². The van der Waals surface area contributed by atoms with E-state index < -0.39 is 5.60 Å². The average molecular weight is 327 g/mol. The molecule has 0 aromatic heterocycles. The van der Waals surface area contributed by atoms with Crippen molar-refractivity contribution in [3.05, 3.63) is 34.3 Å². The van der Waals surface area contributed by atoms with Crippen molar-refractivity contribution >= 4 is 21.8 Å². The van der Waals surface area contributed by atoms with E-state index in [-0.39, 0.29) is 5.91 Å². The molecule has 0 unspecified atom stereocenters. The lowest BCUT2D eigenvalue weighted by Gasteiger charge is -2.39. The van der Waals surface area contributed by atoms with Crippen LogP contribution in [0.1, 0.15) is 12.5 Å². The summed E-state index contributed by atoms with van der Waals surface area (Å²) in [5.41, 5.74) is 0.481. The van der Waals surface area contributed by atoms with Crippen molar-refractivity contribution in [3.8, 4) is 0 Å². The van der Waals surface area contributed by atoms with Crippen LogP contribution in [0, 0.1) is 0 Å². The Hall–Kier alpha value is -0.910. The summed E-state index contributed by atoms with van der Waals surface area (Å²) in [6.45, 7) is 4.71. The molecule has 19 heavy (non-hydrogen) atoms. The van der Waals surface area contributed by atoms with Gasteiger partial charge in [-0.15, -0.1) is 0 Å². The number of hydrogen-bond donors (Lipinski definition) is 1. The molecule has 1 atom stereocenters. The number of halogens is 1. The van der Waals surface area contributed by atoms with Gasteiger partial charge in [0.25, 0.3) is 5.91 Å². The smallest absolute Gasteiger partial charge is 0.253 e. The summed E-state index contributed by atoms with van der Waals surface area (Å²) in [6.07, 6.45) is 0. The van der Waals surface area contributed by atoms with Gasteiger partial charge in [0.1, 0.15) is 0 Å². The third kappa shape index (κ3) is 3.55. The van der Waals surface area contributed by atoms with Gasteiger partial charge in [-0.05, 0) is 24.6 Å². The lowest BCUT2D eigenvalue weighted by atomic mass is 10.0. The van der Waals surface area contributed by atoms with Gasteiger partial charge in [0.05, 0.1) is 6.61 Å². The Morgan fingerprint density at radius 2 is 2.37 bits per heavy atom. The van der Waals surface area contributed by atoms with E-state index in [4.69, 9.17) is 4.74 Å². The first kappa shape index (κ1) is 14.5. The molecule has 1 aromatic rings. The Labute approximate surface area is 122 Å². The summed E-state index contributed by atoms with van der Waals surface area (Å²) in [6, 6.07) is 8.24. The van der Waals surface area contributed by atoms with Crippen LogP contribution in [0.2, 0.25) is 0 Å². The molecule has 1 aliphatic rings. The molecule has 0 aliphatic carbocycles. The fourth-order valence-electron chi connectivity index (χ4n) is 2.38. The number of hydrogen-bond acceptors (Lipinski definition) is 3. The van der Waals surface area contributed by atoms with E-state index in [0.717, 1.165) is 17.6 Å². The third-order valence-electron chi connectivity index (χ3n) is 3.36. The van der Waals surface area contributed by atoms with Crippen LogP contribution in [0.25, 0.3) is 0 Å². The standard InChI is InChI=1S/C14H19BrN2O2/c1-14(13(18)16-2)10-17(6-7-19-14)9-11-4-3-5-12(15)8-11/h3-5,8H,6-7,9-10H2,1-2H3,(H,16,18)/t14-/m0/s1. The van der Waals surface area contributed by atoms with Crippen LogP contribution in [0.4, 0.5) is 0 Å². The number of nitrogens with zero attached hydrogens (tertiary/aromatic N) is 1. The highest BCUT2D eigenvalue weighted by molar-refractivity contribution is 9.10. The normalized spacial score (nSPS) is 24.2. The van der Waals surface area contributed by atoms with Gasteiger partial charge >= 0.3 is 0 Å². The van der Waals surface area contributed by atoms with Crippen molar-refractivity contribution in [3.63, 3.8) is 0 Å². The monoisotopic (exact) mass is 326 g/mol. The van der Waals surface area contributed by atoms with Crippen molar-refractivity contribution < 1.29 is 9.53 Å². The largest absolute Gasteiger partial charge is 0.363 e. The molecule has 104 valence electrons. The predicted octanol–water partition coefficient (Wildman–Crippen LogP) is 1.79. The van der Waals surface area contributed by atoms with E-state index in [9.17, 15) is 4.79 Å². The van der Waals surface area contributed by atoms with Crippen LogP contribution < -0.4 is 5.32 Å². The molecule has 1 aromatic carbocycles. The van der Waals surface area contributed by atoms with E-state index in [1.165, 1.54) is 5.56 Å². The second-order valence-electron chi connectivity index (χ2n) is 5.00. The molecule has 1 aliphatic heterocycles. The molecule has 2 rings (SSSR count). The molecular formula is C14H19BrN2O2. The van der Waals surface area contributed by atoms with Crippen LogP contribution in [0.5, 0.6) is 0 Å². The first-order valence-electron chi connectivity index (χ1n) is 6.36. The Balaban J connectivity index is 2.04. The van der Waals surface area contributed by atoms with E-state index in [2.05, 4.69) is 38.3 Å². The zero-order valence-corrected chi connectivity index (χ0v) is 12.9. The Kier molecular flexibility index (Phi) is 4.60. The summed E-state index contributed by atoms with van der Waals surface area (Å²) in [4.78, 5) is 14.1. The number of carbonyl (C=O) groups is 1. The molecule has 0 bridgehead atoms. The predicted molar refractivity (Wildman–Crippen MR) is 77.8 cm³/mol. The zero-order chi connectivity index (χ0) is 13.9. The van der Waals surface area contributed by atoms with E-state index in [1.54, 1.807) is 7.05 Å². The fraction of sp³-hybridized carbons (Fsp3) is 0.500. The van der Waals surface area contributed by atoms with Gasteiger partial charge in [0, 0.05) is 31.2 Å². The van der Waals surface area contributed by atoms with Crippen molar-refractivity contribution in [2.45, 2.75) is 19.1 Å². The average Bonchev–Trinajstić information content (AvgIpc) is 2.38. The number of ether oxygens (including phenoxy) is 1. The summed E-state index contributed by atoms with van der Waals surface area (Å²) in [7, 11) is 1.64. The topological polar surface area (TPSA) is 41.6 Å². The Morgan fingerprint density at radius 3 is 3.05 bits per heavy atom. The highest BCUT2D eigenvalue weighted by Gasteiger charge is 2.38. The molecule has 1 N–H and O–H groups in total. The van der Waals surface area contributed by atoms with Crippen LogP contribution in [-0.4, -0.2) is 43.2 Å². The Morgan fingerprint density at radius 1 is 1.58 bits per heavy atom. The molecule has 0 spiro atoms. The maximum absolute atomic E-state index is 11.9. The van der Waals surface area contributed by atoms with Gasteiger partial charge in [0.2, 0.25) is 0 Å². The van der Waals surface area contributed by atoms with Crippen molar-refractivity contribution in [2.75, 3.05) is 26.7 Å². The number of carbonyl (C=O) groups excluding carboxylic acids is 1. The minimum atomic E-state index is -0.751. The minimum absolute atomic E-state index is 0.0635. The summed E-state index contributed by atoms with van der Waals surface area (Å²) in [5.74, 6) is -0.0635. The van der Waals surface area contributed by atoms with Gasteiger partial charge in [-0.1, -0.05) is 28.1 Å². The zero-order valence-electron chi connectivity index (χ0n) is 11.3. The van der Waals surface area contributed by atoms with Crippen molar-refractivity contribution in [1.29, 1.82) is 0 Å². The van der Waals surface area contributed by atoms with E-state index in [1.807, 2.05) is 19.1 Å². The van der Waals surface area contributed by atoms with Crippen molar-refractivity contribution in [2.24, 2.45) is 0 Å². The summed E-state index contributed by atoms with van der Waals surface area (Å²) >= 11 is 3.48.